The molecule has 2 aromatic rings. The first-order valence-corrected chi connectivity index (χ1v) is 7.43. The summed E-state index contributed by atoms with van der Waals surface area (Å²) in [4.78, 5) is 10.6. The van der Waals surface area contributed by atoms with Crippen LogP contribution in [0.1, 0.15) is 17.2 Å². The van der Waals surface area contributed by atoms with Crippen LogP contribution in [0.25, 0.3) is 0 Å². The number of hydrogen-bond donors (Lipinski definition) is 1. The number of para-hydroxylation sites is 1. The number of alkyl halides is 1. The highest BCUT2D eigenvalue weighted by atomic mass is 79.9. The SMILES string of the molecule is O=[N+]([O-])c1cccc([C@@H](O)CBr)c1OCc1ccccc1. The molecule has 0 bridgehead atoms. The number of halogens is 1. The summed E-state index contributed by atoms with van der Waals surface area (Å²) >= 11 is 3.17. The van der Waals surface area contributed by atoms with Gasteiger partial charge in [0.2, 0.25) is 5.75 Å². The van der Waals surface area contributed by atoms with E-state index in [0.717, 1.165) is 5.56 Å². The second-order valence-corrected chi connectivity index (χ2v) is 5.04. The van der Waals surface area contributed by atoms with E-state index in [2.05, 4.69) is 15.9 Å². The summed E-state index contributed by atoms with van der Waals surface area (Å²) in [6.07, 6.45) is -0.865. The lowest BCUT2D eigenvalue weighted by Crippen LogP contribution is -2.06. The molecule has 110 valence electrons. The van der Waals surface area contributed by atoms with Crippen molar-refractivity contribution >= 4 is 21.6 Å². The number of benzene rings is 2. The summed E-state index contributed by atoms with van der Waals surface area (Å²) in [7, 11) is 0. The summed E-state index contributed by atoms with van der Waals surface area (Å²) in [5.74, 6) is 0.110. The van der Waals surface area contributed by atoms with Gasteiger partial charge in [0, 0.05) is 17.0 Å². The number of hydrogen-bond acceptors (Lipinski definition) is 4. The minimum atomic E-state index is -0.865. The molecule has 0 aliphatic carbocycles. The lowest BCUT2D eigenvalue weighted by molar-refractivity contribution is -0.386. The van der Waals surface area contributed by atoms with Gasteiger partial charge in [0.15, 0.2) is 0 Å². The first-order valence-electron chi connectivity index (χ1n) is 6.31. The van der Waals surface area contributed by atoms with E-state index >= 15 is 0 Å². The van der Waals surface area contributed by atoms with E-state index in [9.17, 15) is 15.2 Å². The molecule has 0 saturated carbocycles. The van der Waals surface area contributed by atoms with Crippen molar-refractivity contribution in [1.29, 1.82) is 0 Å². The van der Waals surface area contributed by atoms with E-state index in [1.165, 1.54) is 12.1 Å². The van der Waals surface area contributed by atoms with Gasteiger partial charge in [-0.25, -0.2) is 0 Å². The summed E-state index contributed by atoms with van der Waals surface area (Å²) in [6.45, 7) is 0.202. The molecular formula is C15H14BrNO4. The number of aliphatic hydroxyl groups is 1. The van der Waals surface area contributed by atoms with E-state index in [1.54, 1.807) is 6.07 Å². The molecule has 0 aliphatic rings. The predicted molar refractivity (Wildman–Crippen MR) is 82.6 cm³/mol. The van der Waals surface area contributed by atoms with Gasteiger partial charge >= 0.3 is 5.69 Å². The maximum atomic E-state index is 11.1. The Morgan fingerprint density at radius 2 is 1.90 bits per heavy atom. The van der Waals surface area contributed by atoms with Gasteiger partial charge in [-0.1, -0.05) is 58.4 Å². The van der Waals surface area contributed by atoms with Crippen molar-refractivity contribution in [3.63, 3.8) is 0 Å². The highest BCUT2D eigenvalue weighted by molar-refractivity contribution is 9.09. The molecule has 6 heteroatoms. The quantitative estimate of drug-likeness (QED) is 0.490. The van der Waals surface area contributed by atoms with Gasteiger partial charge in [-0.2, -0.15) is 0 Å². The summed E-state index contributed by atoms with van der Waals surface area (Å²) < 4.78 is 5.62. The Kier molecular flexibility index (Phi) is 5.30. The van der Waals surface area contributed by atoms with Gasteiger partial charge in [0.1, 0.15) is 6.61 Å². The zero-order valence-electron chi connectivity index (χ0n) is 11.1. The average Bonchev–Trinajstić information content (AvgIpc) is 2.52. The second-order valence-electron chi connectivity index (χ2n) is 4.40. The summed E-state index contributed by atoms with van der Waals surface area (Å²) in [6, 6.07) is 13.9. The monoisotopic (exact) mass is 351 g/mol. The molecule has 2 rings (SSSR count). The number of aliphatic hydroxyl groups excluding tert-OH is 1. The topological polar surface area (TPSA) is 72.6 Å². The highest BCUT2D eigenvalue weighted by Crippen LogP contribution is 2.35. The third kappa shape index (κ3) is 3.80. The molecule has 1 atom stereocenters. The molecule has 0 fully saturated rings. The van der Waals surface area contributed by atoms with Gasteiger partial charge in [-0.05, 0) is 5.56 Å². The third-order valence-corrected chi connectivity index (χ3v) is 3.57. The number of nitro benzene ring substituents is 1. The molecule has 5 nitrogen and oxygen atoms in total. The Hall–Kier alpha value is -1.92. The van der Waals surface area contributed by atoms with Crippen molar-refractivity contribution in [2.24, 2.45) is 0 Å². The fourth-order valence-corrected chi connectivity index (χ4v) is 2.27. The van der Waals surface area contributed by atoms with Crippen LogP contribution in [-0.4, -0.2) is 15.4 Å². The standard InChI is InChI=1S/C15H14BrNO4/c16-9-14(18)12-7-4-8-13(17(19)20)15(12)21-10-11-5-2-1-3-6-11/h1-8,14,18H,9-10H2/t14-/m0/s1. The van der Waals surface area contributed by atoms with Crippen molar-refractivity contribution in [2.75, 3.05) is 5.33 Å². The molecule has 0 saturated heterocycles. The Labute approximate surface area is 130 Å². The minimum Gasteiger partial charge on any atom is -0.482 e. The fraction of sp³-hybridized carbons (Fsp3) is 0.200. The third-order valence-electron chi connectivity index (χ3n) is 2.95. The van der Waals surface area contributed by atoms with Gasteiger partial charge in [-0.15, -0.1) is 0 Å². The molecule has 21 heavy (non-hydrogen) atoms. The number of nitro groups is 1. The second kappa shape index (κ2) is 7.19. The largest absolute Gasteiger partial charge is 0.482 e. The Morgan fingerprint density at radius 3 is 2.52 bits per heavy atom. The molecular weight excluding hydrogens is 338 g/mol. The summed E-state index contributed by atoms with van der Waals surface area (Å²) in [5.41, 5.74) is 1.15. The van der Waals surface area contributed by atoms with E-state index in [0.29, 0.717) is 5.56 Å². The molecule has 0 radical (unpaired) electrons. The van der Waals surface area contributed by atoms with Crippen LogP contribution in [0.4, 0.5) is 5.69 Å². The first kappa shape index (κ1) is 15.5. The number of rotatable bonds is 6. The van der Waals surface area contributed by atoms with Crippen molar-refractivity contribution in [3.8, 4) is 5.75 Å². The van der Waals surface area contributed by atoms with Crippen molar-refractivity contribution in [1.82, 2.24) is 0 Å². The minimum absolute atomic E-state index is 0.110. The van der Waals surface area contributed by atoms with Crippen LogP contribution in [0.5, 0.6) is 5.75 Å². The fourth-order valence-electron chi connectivity index (χ4n) is 1.92. The van der Waals surface area contributed by atoms with Crippen molar-refractivity contribution < 1.29 is 14.8 Å². The average molecular weight is 352 g/mol. The normalized spacial score (nSPS) is 11.9. The van der Waals surface area contributed by atoms with Crippen LogP contribution in [0.15, 0.2) is 48.5 Å². The Balaban J connectivity index is 2.32. The van der Waals surface area contributed by atoms with E-state index in [-0.39, 0.29) is 23.4 Å². The van der Waals surface area contributed by atoms with E-state index in [1.807, 2.05) is 30.3 Å². The predicted octanol–water partition coefficient (Wildman–Crippen LogP) is 3.60. The van der Waals surface area contributed by atoms with Gasteiger partial charge < -0.3 is 9.84 Å². The van der Waals surface area contributed by atoms with E-state index < -0.39 is 11.0 Å². The van der Waals surface area contributed by atoms with Crippen LogP contribution >= 0.6 is 15.9 Å². The van der Waals surface area contributed by atoms with Gasteiger partial charge in [-0.3, -0.25) is 10.1 Å². The molecule has 0 heterocycles. The van der Waals surface area contributed by atoms with Gasteiger partial charge in [0.05, 0.1) is 11.0 Å². The molecule has 2 aromatic carbocycles. The van der Waals surface area contributed by atoms with E-state index in [4.69, 9.17) is 4.74 Å². The molecule has 0 amide bonds. The van der Waals surface area contributed by atoms with Crippen LogP contribution in [0.3, 0.4) is 0 Å². The van der Waals surface area contributed by atoms with Gasteiger partial charge in [0.25, 0.3) is 0 Å². The summed E-state index contributed by atoms with van der Waals surface area (Å²) in [5, 5.41) is 21.4. The van der Waals surface area contributed by atoms with Crippen LogP contribution in [0, 0.1) is 10.1 Å². The molecule has 0 unspecified atom stereocenters. The Bertz CT molecular complexity index is 618. The Morgan fingerprint density at radius 1 is 1.19 bits per heavy atom. The van der Waals surface area contributed by atoms with Crippen molar-refractivity contribution in [3.05, 3.63) is 69.8 Å². The number of nitrogens with zero attached hydrogens (tertiary/aromatic N) is 1. The van der Waals surface area contributed by atoms with Crippen molar-refractivity contribution in [2.45, 2.75) is 12.7 Å². The molecule has 0 spiro atoms. The maximum absolute atomic E-state index is 11.1. The maximum Gasteiger partial charge on any atom is 0.311 e. The molecule has 0 aliphatic heterocycles. The zero-order chi connectivity index (χ0) is 15.2. The lowest BCUT2D eigenvalue weighted by atomic mass is 10.1. The number of ether oxygens (including phenoxy) is 1. The zero-order valence-corrected chi connectivity index (χ0v) is 12.7. The highest BCUT2D eigenvalue weighted by Gasteiger charge is 2.22. The smallest absolute Gasteiger partial charge is 0.311 e. The lowest BCUT2D eigenvalue weighted by Gasteiger charge is -2.14. The first-order chi connectivity index (χ1) is 10.1. The molecule has 1 N–H and O–H groups in total. The molecule has 0 aromatic heterocycles. The van der Waals surface area contributed by atoms with Crippen LogP contribution < -0.4 is 4.74 Å². The van der Waals surface area contributed by atoms with Crippen LogP contribution in [-0.2, 0) is 6.61 Å². The van der Waals surface area contributed by atoms with Crippen LogP contribution in [0.2, 0.25) is 0 Å².